The summed E-state index contributed by atoms with van der Waals surface area (Å²) in [5.41, 5.74) is 0.372. The molecule has 1 aliphatic heterocycles. The number of nitrogens with zero attached hydrogens (tertiary/aromatic N) is 5. The summed E-state index contributed by atoms with van der Waals surface area (Å²) in [7, 11) is 0. The van der Waals surface area contributed by atoms with Gasteiger partial charge in [0.15, 0.2) is 5.65 Å². The van der Waals surface area contributed by atoms with Gasteiger partial charge in [0, 0.05) is 12.6 Å². The molecular weight excluding hydrogens is 288 g/mol. The maximum atomic E-state index is 13.0. The number of aromatic nitrogens is 4. The number of anilines is 1. The summed E-state index contributed by atoms with van der Waals surface area (Å²) >= 11 is 0. The van der Waals surface area contributed by atoms with E-state index >= 15 is 0 Å². The Bertz CT molecular complexity index is 669. The number of alkyl halides is 2. The molecule has 0 N–H and O–H groups in total. The van der Waals surface area contributed by atoms with Crippen molar-refractivity contribution in [3.05, 3.63) is 18.0 Å². The number of fused-ring (bicyclic) bond motifs is 2. The van der Waals surface area contributed by atoms with Crippen LogP contribution in [0.1, 0.15) is 50.8 Å². The van der Waals surface area contributed by atoms with Crippen molar-refractivity contribution >= 4 is 11.5 Å². The van der Waals surface area contributed by atoms with Gasteiger partial charge in [-0.3, -0.25) is 0 Å². The fourth-order valence-electron chi connectivity index (χ4n) is 3.99. The quantitative estimate of drug-likeness (QED) is 0.854. The summed E-state index contributed by atoms with van der Waals surface area (Å²) in [6, 6.07) is 4.11. The molecule has 4 rings (SSSR count). The van der Waals surface area contributed by atoms with Crippen LogP contribution in [0.3, 0.4) is 0 Å². The molecule has 0 amide bonds. The van der Waals surface area contributed by atoms with Crippen molar-refractivity contribution in [1.29, 1.82) is 0 Å². The lowest BCUT2D eigenvalue weighted by Gasteiger charge is -2.44. The maximum absolute atomic E-state index is 13.0. The van der Waals surface area contributed by atoms with Crippen molar-refractivity contribution in [2.75, 3.05) is 11.4 Å². The molecule has 0 aromatic carbocycles. The highest BCUT2D eigenvalue weighted by atomic mass is 19.3. The van der Waals surface area contributed by atoms with E-state index in [1.54, 1.807) is 6.07 Å². The summed E-state index contributed by atoms with van der Waals surface area (Å²) < 4.78 is 27.2. The number of rotatable bonds is 2. The highest BCUT2D eigenvalue weighted by Gasteiger charge is 2.34. The third-order valence-electron chi connectivity index (χ3n) is 5.01. The van der Waals surface area contributed by atoms with Crippen LogP contribution in [-0.4, -0.2) is 32.4 Å². The van der Waals surface area contributed by atoms with Gasteiger partial charge in [0.25, 0.3) is 6.43 Å². The van der Waals surface area contributed by atoms with Gasteiger partial charge in [-0.05, 0) is 43.7 Å². The molecule has 118 valence electrons. The van der Waals surface area contributed by atoms with Crippen LogP contribution in [0.25, 0.3) is 5.65 Å². The summed E-state index contributed by atoms with van der Waals surface area (Å²) in [5.74, 6) is 1.11. The van der Waals surface area contributed by atoms with E-state index in [0.717, 1.165) is 24.7 Å². The molecule has 2 aromatic rings. The van der Waals surface area contributed by atoms with Crippen molar-refractivity contribution in [3.8, 4) is 0 Å². The van der Waals surface area contributed by atoms with Crippen LogP contribution in [0.4, 0.5) is 14.6 Å². The Morgan fingerprint density at radius 1 is 1.05 bits per heavy atom. The first kappa shape index (κ1) is 13.8. The van der Waals surface area contributed by atoms with Crippen LogP contribution in [-0.2, 0) is 0 Å². The molecule has 2 fully saturated rings. The number of piperidine rings is 1. The van der Waals surface area contributed by atoms with Crippen molar-refractivity contribution in [3.63, 3.8) is 0 Å². The van der Waals surface area contributed by atoms with E-state index in [1.165, 1.54) is 36.6 Å². The summed E-state index contributed by atoms with van der Waals surface area (Å²) in [6.07, 6.45) is 4.76. The van der Waals surface area contributed by atoms with E-state index in [-0.39, 0.29) is 5.82 Å². The minimum atomic E-state index is -2.67. The second kappa shape index (κ2) is 5.44. The highest BCUT2D eigenvalue weighted by Crippen LogP contribution is 2.37. The van der Waals surface area contributed by atoms with Gasteiger partial charge < -0.3 is 4.90 Å². The SMILES string of the molecule is FC(F)c1nnc2ccc(N3CCCC4CCCCC43)nn12. The number of hydrogen-bond acceptors (Lipinski definition) is 4. The Balaban J connectivity index is 1.71. The second-order valence-corrected chi connectivity index (χ2v) is 6.27. The van der Waals surface area contributed by atoms with Gasteiger partial charge in [-0.25, -0.2) is 8.78 Å². The van der Waals surface area contributed by atoms with Gasteiger partial charge in [0.05, 0.1) is 0 Å². The Hall–Kier alpha value is -1.79. The van der Waals surface area contributed by atoms with Crippen molar-refractivity contribution in [2.45, 2.75) is 51.0 Å². The van der Waals surface area contributed by atoms with Gasteiger partial charge in [0.2, 0.25) is 5.82 Å². The molecular formula is C15H19F2N5. The zero-order chi connectivity index (χ0) is 15.1. The van der Waals surface area contributed by atoms with E-state index in [0.29, 0.717) is 11.7 Å². The molecule has 0 spiro atoms. The average Bonchev–Trinajstić information content (AvgIpc) is 2.97. The Labute approximate surface area is 127 Å². The van der Waals surface area contributed by atoms with Gasteiger partial charge in [-0.2, -0.15) is 4.52 Å². The second-order valence-electron chi connectivity index (χ2n) is 6.27. The smallest absolute Gasteiger partial charge is 0.299 e. The molecule has 2 aliphatic rings. The maximum Gasteiger partial charge on any atom is 0.299 e. The minimum Gasteiger partial charge on any atom is -0.352 e. The molecule has 22 heavy (non-hydrogen) atoms. The van der Waals surface area contributed by atoms with Gasteiger partial charge in [-0.15, -0.1) is 15.3 Å². The number of halogens is 2. The molecule has 0 bridgehead atoms. The monoisotopic (exact) mass is 307 g/mol. The molecule has 1 saturated heterocycles. The summed E-state index contributed by atoms with van der Waals surface area (Å²) in [4.78, 5) is 2.31. The summed E-state index contributed by atoms with van der Waals surface area (Å²) in [5, 5.41) is 11.7. The Kier molecular flexibility index (Phi) is 3.43. The highest BCUT2D eigenvalue weighted by molar-refractivity contribution is 5.47. The lowest BCUT2D eigenvalue weighted by molar-refractivity contribution is 0.137. The molecule has 7 heteroatoms. The van der Waals surface area contributed by atoms with E-state index in [4.69, 9.17) is 0 Å². The van der Waals surface area contributed by atoms with E-state index in [9.17, 15) is 8.78 Å². The van der Waals surface area contributed by atoms with E-state index < -0.39 is 6.43 Å². The van der Waals surface area contributed by atoms with Crippen LogP contribution in [0.15, 0.2) is 12.1 Å². The Morgan fingerprint density at radius 2 is 1.86 bits per heavy atom. The zero-order valence-corrected chi connectivity index (χ0v) is 12.3. The largest absolute Gasteiger partial charge is 0.352 e. The standard InChI is InChI=1S/C15H19F2N5/c16-14(17)15-19-18-12-7-8-13(20-22(12)15)21-9-3-5-10-4-1-2-6-11(10)21/h7-8,10-11,14H,1-6,9H2. The lowest BCUT2D eigenvalue weighted by atomic mass is 9.78. The predicted octanol–water partition coefficient (Wildman–Crippen LogP) is 3.22. The molecule has 2 atom stereocenters. The van der Waals surface area contributed by atoms with E-state index in [2.05, 4.69) is 20.2 Å². The van der Waals surface area contributed by atoms with Crippen LogP contribution in [0.2, 0.25) is 0 Å². The zero-order valence-electron chi connectivity index (χ0n) is 12.3. The van der Waals surface area contributed by atoms with Crippen molar-refractivity contribution in [1.82, 2.24) is 19.8 Å². The molecule has 2 unspecified atom stereocenters. The van der Waals surface area contributed by atoms with Crippen molar-refractivity contribution in [2.24, 2.45) is 5.92 Å². The molecule has 5 nitrogen and oxygen atoms in total. The molecule has 0 radical (unpaired) electrons. The molecule has 2 aromatic heterocycles. The first-order valence-electron chi connectivity index (χ1n) is 8.01. The molecule has 1 saturated carbocycles. The topological polar surface area (TPSA) is 46.3 Å². The molecule has 1 aliphatic carbocycles. The van der Waals surface area contributed by atoms with Gasteiger partial charge in [-0.1, -0.05) is 12.8 Å². The fourth-order valence-corrected chi connectivity index (χ4v) is 3.99. The van der Waals surface area contributed by atoms with E-state index in [1.807, 2.05) is 6.07 Å². The predicted molar refractivity (Wildman–Crippen MR) is 78.1 cm³/mol. The first-order valence-corrected chi connectivity index (χ1v) is 8.01. The normalized spacial score (nSPS) is 25.7. The lowest BCUT2D eigenvalue weighted by Crippen LogP contribution is -2.47. The third kappa shape index (κ3) is 2.23. The summed E-state index contributed by atoms with van der Waals surface area (Å²) in [6.45, 7) is 0.950. The fraction of sp³-hybridized carbons (Fsp3) is 0.667. The van der Waals surface area contributed by atoms with Gasteiger partial charge >= 0.3 is 0 Å². The van der Waals surface area contributed by atoms with Crippen LogP contribution >= 0.6 is 0 Å². The number of hydrogen-bond donors (Lipinski definition) is 0. The van der Waals surface area contributed by atoms with Crippen LogP contribution in [0.5, 0.6) is 0 Å². The minimum absolute atomic E-state index is 0.372. The first-order chi connectivity index (χ1) is 10.7. The van der Waals surface area contributed by atoms with Crippen LogP contribution in [0, 0.1) is 5.92 Å². The Morgan fingerprint density at radius 3 is 2.73 bits per heavy atom. The molecule has 3 heterocycles. The van der Waals surface area contributed by atoms with Crippen LogP contribution < -0.4 is 4.90 Å². The third-order valence-corrected chi connectivity index (χ3v) is 5.01. The van der Waals surface area contributed by atoms with Crippen molar-refractivity contribution < 1.29 is 8.78 Å². The average molecular weight is 307 g/mol. The van der Waals surface area contributed by atoms with Gasteiger partial charge in [0.1, 0.15) is 5.82 Å².